The molecular formula is C23H24O8. The largest absolute Gasteiger partial charge is 0.422 e. The predicted molar refractivity (Wildman–Crippen MR) is 103 cm³/mol. The van der Waals surface area contributed by atoms with Gasteiger partial charge in [0.25, 0.3) is 11.6 Å². The molecule has 0 bridgehead atoms. The van der Waals surface area contributed by atoms with Crippen LogP contribution in [0.5, 0.6) is 0 Å². The van der Waals surface area contributed by atoms with Gasteiger partial charge in [-0.3, -0.25) is 19.2 Å². The summed E-state index contributed by atoms with van der Waals surface area (Å²) in [4.78, 5) is 52.2. The van der Waals surface area contributed by atoms with E-state index in [9.17, 15) is 19.2 Å². The molecule has 2 saturated heterocycles. The van der Waals surface area contributed by atoms with Gasteiger partial charge in [-0.1, -0.05) is 30.3 Å². The molecule has 0 N–H and O–H groups in total. The Labute approximate surface area is 179 Å². The molecule has 0 radical (unpaired) electrons. The molecule has 2 aliphatic carbocycles. The van der Waals surface area contributed by atoms with Crippen LogP contribution >= 0.6 is 0 Å². The molecular weight excluding hydrogens is 404 g/mol. The summed E-state index contributed by atoms with van der Waals surface area (Å²) in [5, 5.41) is 0. The summed E-state index contributed by atoms with van der Waals surface area (Å²) >= 11 is 0. The number of ether oxygens (including phenoxy) is 4. The molecule has 0 aromatic heterocycles. The molecule has 8 nitrogen and oxygen atoms in total. The SMILES string of the molecule is O=C1OC2(CCCC2)OC(=O)C1C(c1ccccc1)C1C(=O)OC2(CCCC2)OC1=O. The molecule has 1 aromatic carbocycles. The maximum absolute atomic E-state index is 13.1. The summed E-state index contributed by atoms with van der Waals surface area (Å²) in [6.07, 6.45) is 4.94. The first kappa shape index (κ1) is 20.0. The molecule has 0 atom stereocenters. The molecule has 2 heterocycles. The summed E-state index contributed by atoms with van der Waals surface area (Å²) in [7, 11) is 0. The number of carbonyl (C=O) groups excluding carboxylic acids is 4. The van der Waals surface area contributed by atoms with Gasteiger partial charge in [-0.25, -0.2) is 0 Å². The summed E-state index contributed by atoms with van der Waals surface area (Å²) in [6.45, 7) is 0. The van der Waals surface area contributed by atoms with Crippen LogP contribution in [0.1, 0.15) is 62.8 Å². The number of esters is 4. The Balaban J connectivity index is 1.50. The van der Waals surface area contributed by atoms with Crippen molar-refractivity contribution in [3.63, 3.8) is 0 Å². The average molecular weight is 428 g/mol. The first-order valence-corrected chi connectivity index (χ1v) is 10.9. The molecule has 0 amide bonds. The van der Waals surface area contributed by atoms with Crippen LogP contribution < -0.4 is 0 Å². The molecule has 1 aromatic rings. The zero-order chi connectivity index (χ0) is 21.6. The third-order valence-electron chi connectivity index (χ3n) is 6.80. The summed E-state index contributed by atoms with van der Waals surface area (Å²) in [5.41, 5.74) is 0.463. The molecule has 4 fully saturated rings. The fourth-order valence-electron chi connectivity index (χ4n) is 5.30. The fourth-order valence-corrected chi connectivity index (χ4v) is 5.30. The monoisotopic (exact) mass is 428 g/mol. The maximum Gasteiger partial charge on any atom is 0.324 e. The lowest BCUT2D eigenvalue weighted by molar-refractivity contribution is -0.257. The van der Waals surface area contributed by atoms with Crippen molar-refractivity contribution in [2.75, 3.05) is 0 Å². The molecule has 2 spiro atoms. The smallest absolute Gasteiger partial charge is 0.324 e. The molecule has 5 rings (SSSR count). The minimum atomic E-state index is -1.46. The van der Waals surface area contributed by atoms with Crippen molar-refractivity contribution in [3.05, 3.63) is 35.9 Å². The van der Waals surface area contributed by atoms with E-state index in [1.54, 1.807) is 30.3 Å². The van der Waals surface area contributed by atoms with Gasteiger partial charge in [0.05, 0.1) is 0 Å². The Morgan fingerprint density at radius 3 is 1.32 bits per heavy atom. The molecule has 2 saturated carbocycles. The lowest BCUT2D eigenvalue weighted by Crippen LogP contribution is -2.55. The van der Waals surface area contributed by atoms with Gasteiger partial charge in [-0.2, -0.15) is 0 Å². The second-order valence-electron chi connectivity index (χ2n) is 8.81. The number of benzene rings is 1. The second kappa shape index (κ2) is 7.35. The third kappa shape index (κ3) is 3.38. The topological polar surface area (TPSA) is 105 Å². The Hall–Kier alpha value is -2.90. The Kier molecular flexibility index (Phi) is 4.75. The van der Waals surface area contributed by atoms with Crippen molar-refractivity contribution < 1.29 is 38.1 Å². The lowest BCUT2D eigenvalue weighted by atomic mass is 9.75. The zero-order valence-corrected chi connectivity index (χ0v) is 17.0. The summed E-state index contributed by atoms with van der Waals surface area (Å²) in [5.74, 6) is -9.66. The Morgan fingerprint density at radius 2 is 0.968 bits per heavy atom. The van der Waals surface area contributed by atoms with Crippen LogP contribution in [0.4, 0.5) is 0 Å². The molecule has 0 unspecified atom stereocenters. The highest BCUT2D eigenvalue weighted by molar-refractivity contribution is 6.03. The van der Waals surface area contributed by atoms with Crippen LogP contribution in [-0.4, -0.2) is 35.5 Å². The number of carbonyl (C=O) groups is 4. The number of hydrogen-bond donors (Lipinski definition) is 0. The van der Waals surface area contributed by atoms with Gasteiger partial charge < -0.3 is 18.9 Å². The summed E-state index contributed by atoms with van der Waals surface area (Å²) in [6, 6.07) is 8.49. The second-order valence-corrected chi connectivity index (χ2v) is 8.81. The van der Waals surface area contributed by atoms with Gasteiger partial charge >= 0.3 is 23.9 Å². The Morgan fingerprint density at radius 1 is 0.613 bits per heavy atom. The fraction of sp³-hybridized carbons (Fsp3) is 0.565. The van der Waals surface area contributed by atoms with Crippen LogP contribution in [0.3, 0.4) is 0 Å². The van der Waals surface area contributed by atoms with Gasteiger partial charge in [-0.15, -0.1) is 0 Å². The zero-order valence-electron chi connectivity index (χ0n) is 17.0. The van der Waals surface area contributed by atoms with Crippen LogP contribution in [0, 0.1) is 11.8 Å². The maximum atomic E-state index is 13.1. The van der Waals surface area contributed by atoms with E-state index < -0.39 is 53.2 Å². The highest BCUT2D eigenvalue weighted by Crippen LogP contribution is 2.47. The van der Waals surface area contributed by atoms with Crippen molar-refractivity contribution in [1.82, 2.24) is 0 Å². The molecule has 4 aliphatic rings. The van der Waals surface area contributed by atoms with Crippen molar-refractivity contribution in [1.29, 1.82) is 0 Å². The van der Waals surface area contributed by atoms with Crippen molar-refractivity contribution in [2.24, 2.45) is 11.8 Å². The van der Waals surface area contributed by atoms with E-state index in [1.807, 2.05) is 0 Å². The predicted octanol–water partition coefficient (Wildman–Crippen LogP) is 2.74. The highest BCUT2D eigenvalue weighted by Gasteiger charge is 2.60. The van der Waals surface area contributed by atoms with Crippen molar-refractivity contribution in [3.8, 4) is 0 Å². The first-order valence-electron chi connectivity index (χ1n) is 10.9. The van der Waals surface area contributed by atoms with Crippen LogP contribution in [-0.2, 0) is 38.1 Å². The van der Waals surface area contributed by atoms with E-state index in [0.717, 1.165) is 25.7 Å². The van der Waals surface area contributed by atoms with Gasteiger partial charge in [0, 0.05) is 31.6 Å². The average Bonchev–Trinajstić information content (AvgIpc) is 3.36. The third-order valence-corrected chi connectivity index (χ3v) is 6.80. The van der Waals surface area contributed by atoms with Gasteiger partial charge in [-0.05, 0) is 31.2 Å². The van der Waals surface area contributed by atoms with Crippen LogP contribution in [0.25, 0.3) is 0 Å². The van der Waals surface area contributed by atoms with E-state index in [0.29, 0.717) is 31.2 Å². The van der Waals surface area contributed by atoms with E-state index in [2.05, 4.69) is 0 Å². The van der Waals surface area contributed by atoms with Gasteiger partial charge in [0.1, 0.15) is 0 Å². The Bertz CT molecular complexity index is 815. The quantitative estimate of drug-likeness (QED) is 0.535. The highest BCUT2D eigenvalue weighted by atomic mass is 16.8. The molecule has 164 valence electrons. The normalized spacial score (nSPS) is 28.2. The first-order chi connectivity index (χ1) is 14.9. The molecule has 2 aliphatic heterocycles. The van der Waals surface area contributed by atoms with E-state index in [-0.39, 0.29) is 0 Å². The van der Waals surface area contributed by atoms with Crippen LogP contribution in [0.15, 0.2) is 30.3 Å². The minimum absolute atomic E-state index is 0.448. The minimum Gasteiger partial charge on any atom is -0.422 e. The van der Waals surface area contributed by atoms with Gasteiger partial charge in [0.2, 0.25) is 0 Å². The van der Waals surface area contributed by atoms with Crippen molar-refractivity contribution in [2.45, 2.75) is 68.9 Å². The van der Waals surface area contributed by atoms with E-state index >= 15 is 0 Å². The molecule has 31 heavy (non-hydrogen) atoms. The van der Waals surface area contributed by atoms with E-state index in [4.69, 9.17) is 18.9 Å². The standard InChI is InChI=1S/C23H24O8/c24-18-16(19(25)29-22(28-18)10-4-5-11-22)15(14-8-2-1-3-9-14)17-20(26)30-23(31-21(17)27)12-6-7-13-23/h1-3,8-9,15-17H,4-7,10-13H2. The van der Waals surface area contributed by atoms with Crippen LogP contribution in [0.2, 0.25) is 0 Å². The molecule has 8 heteroatoms. The summed E-state index contributed by atoms with van der Waals surface area (Å²) < 4.78 is 22.4. The van der Waals surface area contributed by atoms with Gasteiger partial charge in [0.15, 0.2) is 11.8 Å². The number of hydrogen-bond acceptors (Lipinski definition) is 8. The number of rotatable bonds is 3. The van der Waals surface area contributed by atoms with Crippen molar-refractivity contribution >= 4 is 23.9 Å². The van der Waals surface area contributed by atoms with E-state index in [1.165, 1.54) is 0 Å². The lowest BCUT2D eigenvalue weighted by Gasteiger charge is -2.42.